The van der Waals surface area contributed by atoms with Gasteiger partial charge in [0.1, 0.15) is 11.6 Å². The molecule has 0 radical (unpaired) electrons. The van der Waals surface area contributed by atoms with Crippen LogP contribution in [0.5, 0.6) is 0 Å². The van der Waals surface area contributed by atoms with E-state index in [1.54, 1.807) is 43.3 Å². The Morgan fingerprint density at radius 3 is 2.67 bits per heavy atom. The van der Waals surface area contributed by atoms with Crippen LogP contribution in [0.1, 0.15) is 36.0 Å². The lowest BCUT2D eigenvalue weighted by Gasteiger charge is -2.23. The standard InChI is InChI=1S/C22H20FNO3/c1-13-6-7-14(10-18(13)23)12-24-19-5-3-2-4-16(19)22(27)17(11-20(24)25)21(26)15-8-9-15/h2-7,10,15,27H,8-9,11-12H2,1H3. The second kappa shape index (κ2) is 6.65. The van der Waals surface area contributed by atoms with Crippen LogP contribution in [-0.2, 0) is 16.1 Å². The lowest BCUT2D eigenvalue weighted by atomic mass is 10.00. The van der Waals surface area contributed by atoms with Crippen LogP contribution in [0.2, 0.25) is 0 Å². The first kappa shape index (κ1) is 17.5. The number of ketones is 1. The van der Waals surface area contributed by atoms with Gasteiger partial charge in [0.05, 0.1) is 18.7 Å². The van der Waals surface area contributed by atoms with Crippen molar-refractivity contribution in [3.63, 3.8) is 0 Å². The predicted octanol–water partition coefficient (Wildman–Crippen LogP) is 4.32. The molecule has 0 bridgehead atoms. The Morgan fingerprint density at radius 1 is 1.22 bits per heavy atom. The van der Waals surface area contributed by atoms with Crippen LogP contribution in [-0.4, -0.2) is 16.8 Å². The van der Waals surface area contributed by atoms with Crippen molar-refractivity contribution in [1.82, 2.24) is 0 Å². The Morgan fingerprint density at radius 2 is 1.96 bits per heavy atom. The summed E-state index contributed by atoms with van der Waals surface area (Å²) in [6, 6.07) is 11.8. The Labute approximate surface area is 156 Å². The van der Waals surface area contributed by atoms with Crippen LogP contribution < -0.4 is 4.90 Å². The summed E-state index contributed by atoms with van der Waals surface area (Å²) in [4.78, 5) is 27.1. The zero-order valence-corrected chi connectivity index (χ0v) is 15.0. The highest BCUT2D eigenvalue weighted by Gasteiger charge is 2.37. The lowest BCUT2D eigenvalue weighted by Crippen LogP contribution is -2.30. The molecule has 1 N–H and O–H groups in total. The van der Waals surface area contributed by atoms with Crippen molar-refractivity contribution in [2.75, 3.05) is 4.90 Å². The van der Waals surface area contributed by atoms with E-state index in [1.165, 1.54) is 11.0 Å². The van der Waals surface area contributed by atoms with Crippen molar-refractivity contribution >= 4 is 23.1 Å². The van der Waals surface area contributed by atoms with E-state index < -0.39 is 0 Å². The summed E-state index contributed by atoms with van der Waals surface area (Å²) in [5, 5.41) is 10.8. The molecule has 0 atom stereocenters. The van der Waals surface area contributed by atoms with E-state index in [4.69, 9.17) is 0 Å². The number of aliphatic hydroxyl groups is 1. The quantitative estimate of drug-likeness (QED) is 0.878. The Hall–Kier alpha value is -2.95. The van der Waals surface area contributed by atoms with Gasteiger partial charge < -0.3 is 10.0 Å². The van der Waals surface area contributed by atoms with Crippen LogP contribution in [0.4, 0.5) is 10.1 Å². The second-order valence-corrected chi connectivity index (χ2v) is 7.22. The van der Waals surface area contributed by atoms with Crippen molar-refractivity contribution in [2.45, 2.75) is 32.7 Å². The molecule has 5 heteroatoms. The summed E-state index contributed by atoms with van der Waals surface area (Å²) < 4.78 is 13.9. The number of halogens is 1. The zero-order chi connectivity index (χ0) is 19.1. The van der Waals surface area contributed by atoms with Crippen molar-refractivity contribution in [2.24, 2.45) is 5.92 Å². The number of amides is 1. The number of carbonyl (C=O) groups is 2. The molecule has 0 saturated heterocycles. The van der Waals surface area contributed by atoms with Crippen LogP contribution in [0.3, 0.4) is 0 Å². The fraction of sp³-hybridized carbons (Fsp3) is 0.273. The molecular formula is C22H20FNO3. The number of hydrogen-bond donors (Lipinski definition) is 1. The van der Waals surface area contributed by atoms with Gasteiger partial charge in [-0.1, -0.05) is 24.3 Å². The number of benzene rings is 2. The third-order valence-electron chi connectivity index (χ3n) is 5.19. The Bertz CT molecular complexity index is 975. The molecule has 4 nitrogen and oxygen atoms in total. The molecule has 2 aromatic carbocycles. The molecule has 138 valence electrons. The maximum atomic E-state index is 13.9. The van der Waals surface area contributed by atoms with Gasteiger partial charge in [0, 0.05) is 17.1 Å². The van der Waals surface area contributed by atoms with Gasteiger partial charge in [0.15, 0.2) is 5.78 Å². The second-order valence-electron chi connectivity index (χ2n) is 7.22. The SMILES string of the molecule is Cc1ccc(CN2C(=O)CC(C(=O)C3CC3)=C(O)c3ccccc32)cc1F. The predicted molar refractivity (Wildman–Crippen MR) is 101 cm³/mol. The maximum absolute atomic E-state index is 13.9. The summed E-state index contributed by atoms with van der Waals surface area (Å²) in [5.74, 6) is -0.947. The summed E-state index contributed by atoms with van der Waals surface area (Å²) >= 11 is 0. The molecule has 1 aliphatic heterocycles. The first-order valence-electron chi connectivity index (χ1n) is 9.07. The molecular weight excluding hydrogens is 345 g/mol. The normalized spacial score (nSPS) is 17.0. The molecule has 2 aromatic rings. The largest absolute Gasteiger partial charge is 0.507 e. The molecule has 1 saturated carbocycles. The average Bonchev–Trinajstić information content (AvgIpc) is 3.51. The zero-order valence-electron chi connectivity index (χ0n) is 15.0. The average molecular weight is 365 g/mol. The smallest absolute Gasteiger partial charge is 0.232 e. The number of nitrogens with zero attached hydrogens (tertiary/aromatic N) is 1. The topological polar surface area (TPSA) is 57.6 Å². The van der Waals surface area contributed by atoms with Gasteiger partial charge in [0.2, 0.25) is 5.91 Å². The number of Topliss-reactive ketones (excluding diaryl/α,β-unsaturated/α-hetero) is 1. The first-order valence-corrected chi connectivity index (χ1v) is 9.07. The minimum absolute atomic E-state index is 0.0835. The van der Waals surface area contributed by atoms with Gasteiger partial charge in [-0.05, 0) is 49.1 Å². The highest BCUT2D eigenvalue weighted by atomic mass is 19.1. The molecule has 1 amide bonds. The van der Waals surface area contributed by atoms with Gasteiger partial charge in [-0.2, -0.15) is 0 Å². The molecule has 0 unspecified atom stereocenters. The van der Waals surface area contributed by atoms with E-state index in [1.807, 2.05) is 0 Å². The van der Waals surface area contributed by atoms with E-state index >= 15 is 0 Å². The van der Waals surface area contributed by atoms with Gasteiger partial charge in [-0.25, -0.2) is 4.39 Å². The molecule has 1 heterocycles. The number of para-hydroxylation sites is 1. The van der Waals surface area contributed by atoms with Crippen molar-refractivity contribution < 1.29 is 19.1 Å². The molecule has 0 spiro atoms. The van der Waals surface area contributed by atoms with Crippen molar-refractivity contribution in [3.05, 3.63) is 70.5 Å². The minimum Gasteiger partial charge on any atom is -0.507 e. The summed E-state index contributed by atoms with van der Waals surface area (Å²) in [7, 11) is 0. The Kier molecular flexibility index (Phi) is 4.30. The fourth-order valence-corrected chi connectivity index (χ4v) is 3.42. The number of carbonyl (C=O) groups excluding carboxylic acids is 2. The number of fused-ring (bicyclic) bond motifs is 1. The number of aliphatic hydroxyl groups excluding tert-OH is 1. The molecule has 0 aromatic heterocycles. The molecule has 2 aliphatic rings. The minimum atomic E-state index is -0.325. The van der Waals surface area contributed by atoms with E-state index in [-0.39, 0.29) is 47.7 Å². The highest BCUT2D eigenvalue weighted by molar-refractivity contribution is 6.12. The number of rotatable bonds is 4. The molecule has 27 heavy (non-hydrogen) atoms. The Balaban J connectivity index is 1.75. The van der Waals surface area contributed by atoms with Gasteiger partial charge in [-0.15, -0.1) is 0 Å². The van der Waals surface area contributed by atoms with E-state index in [9.17, 15) is 19.1 Å². The monoisotopic (exact) mass is 365 g/mol. The van der Waals surface area contributed by atoms with E-state index in [0.29, 0.717) is 22.4 Å². The van der Waals surface area contributed by atoms with Crippen LogP contribution >= 0.6 is 0 Å². The summed E-state index contributed by atoms with van der Waals surface area (Å²) in [6.07, 6.45) is 1.46. The summed E-state index contributed by atoms with van der Waals surface area (Å²) in [6.45, 7) is 1.86. The lowest BCUT2D eigenvalue weighted by molar-refractivity contribution is -0.121. The third-order valence-corrected chi connectivity index (χ3v) is 5.19. The van der Waals surface area contributed by atoms with Crippen LogP contribution in [0, 0.1) is 18.7 Å². The van der Waals surface area contributed by atoms with Crippen molar-refractivity contribution in [1.29, 1.82) is 0 Å². The highest BCUT2D eigenvalue weighted by Crippen LogP contribution is 2.39. The first-order chi connectivity index (χ1) is 13.0. The molecule has 4 rings (SSSR count). The van der Waals surface area contributed by atoms with E-state index in [0.717, 1.165) is 12.8 Å². The number of aryl methyl sites for hydroxylation is 1. The molecule has 1 fully saturated rings. The molecule has 1 aliphatic carbocycles. The van der Waals surface area contributed by atoms with Gasteiger partial charge >= 0.3 is 0 Å². The van der Waals surface area contributed by atoms with Gasteiger partial charge in [0.25, 0.3) is 0 Å². The number of hydrogen-bond acceptors (Lipinski definition) is 3. The fourth-order valence-electron chi connectivity index (χ4n) is 3.42. The van der Waals surface area contributed by atoms with Gasteiger partial charge in [-0.3, -0.25) is 9.59 Å². The summed E-state index contributed by atoms with van der Waals surface area (Å²) in [5.41, 5.74) is 2.36. The van der Waals surface area contributed by atoms with Crippen LogP contribution in [0.15, 0.2) is 48.0 Å². The maximum Gasteiger partial charge on any atom is 0.232 e. The van der Waals surface area contributed by atoms with Crippen molar-refractivity contribution in [3.8, 4) is 0 Å². The van der Waals surface area contributed by atoms with Crippen LogP contribution in [0.25, 0.3) is 5.76 Å². The number of anilines is 1. The van der Waals surface area contributed by atoms with E-state index in [2.05, 4.69) is 0 Å². The third kappa shape index (κ3) is 3.25.